The molecule has 0 amide bonds. The first-order chi connectivity index (χ1) is 11.7. The van der Waals surface area contributed by atoms with Crippen molar-refractivity contribution in [2.24, 2.45) is 0 Å². The summed E-state index contributed by atoms with van der Waals surface area (Å²) in [4.78, 5) is 8.56. The van der Waals surface area contributed by atoms with Crippen LogP contribution in [0.15, 0.2) is 30.5 Å². The van der Waals surface area contributed by atoms with E-state index >= 15 is 0 Å². The molecule has 130 valence electrons. The number of hydrogen-bond acceptors (Lipinski definition) is 7. The number of nitrogens with one attached hydrogen (secondary N) is 3. The third-order valence-corrected chi connectivity index (χ3v) is 3.46. The van der Waals surface area contributed by atoms with Gasteiger partial charge in [0.2, 0.25) is 5.95 Å². The van der Waals surface area contributed by atoms with Gasteiger partial charge < -0.3 is 25.4 Å². The highest BCUT2D eigenvalue weighted by atomic mass is 16.5. The van der Waals surface area contributed by atoms with E-state index in [0.29, 0.717) is 17.4 Å². The molecule has 24 heavy (non-hydrogen) atoms. The van der Waals surface area contributed by atoms with Crippen LogP contribution in [0.2, 0.25) is 0 Å². The minimum atomic E-state index is 0.0745. The lowest BCUT2D eigenvalue weighted by atomic mass is 10.2. The predicted octanol–water partition coefficient (Wildman–Crippen LogP) is 2.65. The summed E-state index contributed by atoms with van der Waals surface area (Å²) in [7, 11) is 5.38. The molecule has 1 aromatic carbocycles. The normalized spacial score (nSPS) is 11.7. The summed E-state index contributed by atoms with van der Waals surface area (Å²) in [5.74, 6) is 2.65. The number of aromatic nitrogens is 2. The third kappa shape index (κ3) is 4.99. The molecule has 2 aromatic rings. The van der Waals surface area contributed by atoms with E-state index in [1.807, 2.05) is 39.2 Å². The van der Waals surface area contributed by atoms with Crippen LogP contribution in [0, 0.1) is 0 Å². The maximum Gasteiger partial charge on any atom is 0.229 e. The Morgan fingerprint density at radius 2 is 2.00 bits per heavy atom. The Labute approximate surface area is 142 Å². The van der Waals surface area contributed by atoms with E-state index in [0.717, 1.165) is 24.5 Å². The summed E-state index contributed by atoms with van der Waals surface area (Å²) in [6.45, 7) is 2.93. The van der Waals surface area contributed by atoms with E-state index in [-0.39, 0.29) is 6.10 Å². The molecule has 0 saturated heterocycles. The van der Waals surface area contributed by atoms with Crippen LogP contribution in [0.5, 0.6) is 11.5 Å². The number of nitrogens with zero attached hydrogens (tertiary/aromatic N) is 2. The van der Waals surface area contributed by atoms with E-state index in [2.05, 4.69) is 25.9 Å². The summed E-state index contributed by atoms with van der Waals surface area (Å²) in [5.41, 5.74) is 0.833. The minimum Gasteiger partial charge on any atom is -0.493 e. The summed E-state index contributed by atoms with van der Waals surface area (Å²) >= 11 is 0. The van der Waals surface area contributed by atoms with Crippen LogP contribution in [0.1, 0.15) is 13.3 Å². The van der Waals surface area contributed by atoms with Crippen molar-refractivity contribution in [1.29, 1.82) is 0 Å². The Hall–Kier alpha value is -2.54. The monoisotopic (exact) mass is 331 g/mol. The van der Waals surface area contributed by atoms with Gasteiger partial charge in [0.15, 0.2) is 11.5 Å². The molecule has 0 spiro atoms. The molecule has 0 aliphatic heterocycles. The minimum absolute atomic E-state index is 0.0745. The van der Waals surface area contributed by atoms with Crippen molar-refractivity contribution >= 4 is 17.5 Å². The highest BCUT2D eigenvalue weighted by molar-refractivity contribution is 5.60. The van der Waals surface area contributed by atoms with Gasteiger partial charge in [-0.1, -0.05) is 0 Å². The molecule has 7 nitrogen and oxygen atoms in total. The van der Waals surface area contributed by atoms with Gasteiger partial charge in [-0.15, -0.1) is 0 Å². The first-order valence-electron chi connectivity index (χ1n) is 7.93. The van der Waals surface area contributed by atoms with Crippen molar-refractivity contribution in [2.45, 2.75) is 19.4 Å². The molecule has 7 heteroatoms. The fourth-order valence-corrected chi connectivity index (χ4v) is 2.16. The van der Waals surface area contributed by atoms with Crippen molar-refractivity contribution in [3.8, 4) is 11.5 Å². The summed E-state index contributed by atoms with van der Waals surface area (Å²) in [5, 5.41) is 9.29. The van der Waals surface area contributed by atoms with E-state index in [1.54, 1.807) is 19.4 Å². The Kier molecular flexibility index (Phi) is 6.62. The van der Waals surface area contributed by atoms with Crippen LogP contribution in [0.3, 0.4) is 0 Å². The zero-order valence-electron chi connectivity index (χ0n) is 14.6. The molecule has 1 atom stereocenters. The van der Waals surface area contributed by atoms with E-state index in [4.69, 9.17) is 9.47 Å². The van der Waals surface area contributed by atoms with Gasteiger partial charge in [0.05, 0.1) is 13.2 Å². The molecule has 0 radical (unpaired) electrons. The zero-order valence-corrected chi connectivity index (χ0v) is 14.6. The molecular weight excluding hydrogens is 306 g/mol. The molecule has 0 unspecified atom stereocenters. The maximum absolute atomic E-state index is 6.00. The fraction of sp³-hybridized carbons (Fsp3) is 0.412. The summed E-state index contributed by atoms with van der Waals surface area (Å²) in [6, 6.07) is 7.46. The Morgan fingerprint density at radius 1 is 1.17 bits per heavy atom. The molecule has 1 heterocycles. The SMILES string of the molecule is CNCC[C@@H](C)Oc1cc(Nc2nccc(NC)n2)ccc1OC. The lowest BCUT2D eigenvalue weighted by Gasteiger charge is -2.18. The molecule has 0 saturated carbocycles. The van der Waals surface area contributed by atoms with Crippen molar-refractivity contribution in [2.75, 3.05) is 38.4 Å². The zero-order chi connectivity index (χ0) is 17.4. The van der Waals surface area contributed by atoms with Crippen molar-refractivity contribution in [1.82, 2.24) is 15.3 Å². The van der Waals surface area contributed by atoms with Gasteiger partial charge in [0.1, 0.15) is 5.82 Å². The second-order valence-electron chi connectivity index (χ2n) is 5.33. The number of methoxy groups -OCH3 is 1. The number of anilines is 3. The lowest BCUT2D eigenvalue weighted by Crippen LogP contribution is -2.19. The summed E-state index contributed by atoms with van der Waals surface area (Å²) in [6.07, 6.45) is 2.68. The number of ether oxygens (including phenoxy) is 2. The largest absolute Gasteiger partial charge is 0.493 e. The van der Waals surface area contributed by atoms with Gasteiger partial charge in [0.25, 0.3) is 0 Å². The van der Waals surface area contributed by atoms with E-state index < -0.39 is 0 Å². The molecule has 0 fully saturated rings. The fourth-order valence-electron chi connectivity index (χ4n) is 2.16. The Morgan fingerprint density at radius 3 is 2.71 bits per heavy atom. The van der Waals surface area contributed by atoms with Gasteiger partial charge in [-0.3, -0.25) is 0 Å². The van der Waals surface area contributed by atoms with Crippen LogP contribution in [-0.2, 0) is 0 Å². The second-order valence-corrected chi connectivity index (χ2v) is 5.33. The van der Waals surface area contributed by atoms with Crippen LogP contribution in [0.25, 0.3) is 0 Å². The van der Waals surface area contributed by atoms with E-state index in [9.17, 15) is 0 Å². The highest BCUT2D eigenvalue weighted by Crippen LogP contribution is 2.32. The number of hydrogen-bond donors (Lipinski definition) is 3. The molecule has 3 N–H and O–H groups in total. The first-order valence-corrected chi connectivity index (χ1v) is 7.93. The van der Waals surface area contributed by atoms with Crippen LogP contribution < -0.4 is 25.4 Å². The molecule has 0 aliphatic rings. The van der Waals surface area contributed by atoms with Gasteiger partial charge in [-0.2, -0.15) is 4.98 Å². The standard InChI is InChI=1S/C17H25N5O2/c1-12(7-9-18-2)24-15-11-13(5-6-14(15)23-4)21-17-20-10-8-16(19-3)22-17/h5-6,8,10-12,18H,7,9H2,1-4H3,(H2,19,20,21,22)/t12-/m1/s1. The van der Waals surface area contributed by atoms with Crippen LogP contribution >= 0.6 is 0 Å². The molecular formula is C17H25N5O2. The van der Waals surface area contributed by atoms with Crippen LogP contribution in [0.4, 0.5) is 17.5 Å². The van der Waals surface area contributed by atoms with Crippen molar-refractivity contribution in [3.05, 3.63) is 30.5 Å². The van der Waals surface area contributed by atoms with Gasteiger partial charge in [-0.05, 0) is 45.1 Å². The van der Waals surface area contributed by atoms with Crippen molar-refractivity contribution < 1.29 is 9.47 Å². The average molecular weight is 331 g/mol. The first kappa shape index (κ1) is 17.8. The highest BCUT2D eigenvalue weighted by Gasteiger charge is 2.11. The maximum atomic E-state index is 6.00. The second kappa shape index (κ2) is 8.93. The average Bonchev–Trinajstić information content (AvgIpc) is 2.60. The van der Waals surface area contributed by atoms with Gasteiger partial charge in [0, 0.05) is 25.0 Å². The third-order valence-electron chi connectivity index (χ3n) is 3.46. The van der Waals surface area contributed by atoms with Gasteiger partial charge in [-0.25, -0.2) is 4.98 Å². The smallest absolute Gasteiger partial charge is 0.229 e. The van der Waals surface area contributed by atoms with E-state index in [1.165, 1.54) is 0 Å². The Balaban J connectivity index is 2.14. The van der Waals surface area contributed by atoms with Crippen LogP contribution in [-0.4, -0.2) is 43.8 Å². The molecule has 1 aromatic heterocycles. The quantitative estimate of drug-likeness (QED) is 0.652. The lowest BCUT2D eigenvalue weighted by molar-refractivity contribution is 0.202. The molecule has 0 aliphatic carbocycles. The molecule has 2 rings (SSSR count). The van der Waals surface area contributed by atoms with Crippen molar-refractivity contribution in [3.63, 3.8) is 0 Å². The molecule has 0 bridgehead atoms. The summed E-state index contributed by atoms with van der Waals surface area (Å²) < 4.78 is 11.4. The number of rotatable bonds is 9. The number of benzene rings is 1. The van der Waals surface area contributed by atoms with Gasteiger partial charge >= 0.3 is 0 Å². The topological polar surface area (TPSA) is 80.3 Å². The Bertz CT molecular complexity index is 651. The predicted molar refractivity (Wildman–Crippen MR) is 96.5 cm³/mol.